The molecule has 0 unspecified atom stereocenters. The number of carboxylic acid groups (broad SMARTS) is 1. The third-order valence-electron chi connectivity index (χ3n) is 1.87. The van der Waals surface area contributed by atoms with Gasteiger partial charge in [0, 0.05) is 6.54 Å². The lowest BCUT2D eigenvalue weighted by Crippen LogP contribution is -1.95. The van der Waals surface area contributed by atoms with Crippen LogP contribution in [0.25, 0.3) is 10.2 Å². The van der Waals surface area contributed by atoms with E-state index in [1.807, 2.05) is 18.2 Å². The van der Waals surface area contributed by atoms with Crippen LogP contribution in [0, 0.1) is 0 Å². The Bertz CT molecular complexity index is 493. The number of rotatable bonds is 2. The van der Waals surface area contributed by atoms with Crippen molar-refractivity contribution in [2.45, 2.75) is 6.54 Å². The average molecular weight is 208 g/mol. The van der Waals surface area contributed by atoms with Crippen molar-refractivity contribution in [2.75, 3.05) is 0 Å². The number of nitrogens with zero attached hydrogens (tertiary/aromatic N) is 1. The van der Waals surface area contributed by atoms with Crippen molar-refractivity contribution in [3.8, 4) is 0 Å². The normalized spacial score (nSPS) is 10.6. The molecule has 0 aliphatic rings. The van der Waals surface area contributed by atoms with E-state index in [0.29, 0.717) is 12.1 Å². The van der Waals surface area contributed by atoms with E-state index in [1.165, 1.54) is 11.3 Å². The van der Waals surface area contributed by atoms with Gasteiger partial charge in [0.15, 0.2) is 0 Å². The molecule has 14 heavy (non-hydrogen) atoms. The molecule has 0 atom stereocenters. The van der Waals surface area contributed by atoms with Gasteiger partial charge in [0.05, 0.1) is 10.2 Å². The Morgan fingerprint density at radius 1 is 1.57 bits per heavy atom. The van der Waals surface area contributed by atoms with E-state index in [-0.39, 0.29) is 5.01 Å². The molecule has 0 saturated carbocycles. The van der Waals surface area contributed by atoms with Crippen LogP contribution < -0.4 is 5.73 Å². The Morgan fingerprint density at radius 3 is 3.00 bits per heavy atom. The van der Waals surface area contributed by atoms with Crippen molar-refractivity contribution in [3.63, 3.8) is 0 Å². The van der Waals surface area contributed by atoms with Crippen molar-refractivity contribution in [3.05, 3.63) is 28.8 Å². The van der Waals surface area contributed by atoms with Gasteiger partial charge in [-0.1, -0.05) is 6.07 Å². The maximum atomic E-state index is 10.6. The standard InChI is InChI=1S/C9H8N2O2S/c10-4-5-1-2-7-6(3-5)11-8(14-7)9(12)13/h1-3H,4,10H2,(H,12,13). The van der Waals surface area contributed by atoms with Gasteiger partial charge < -0.3 is 10.8 Å². The minimum Gasteiger partial charge on any atom is -0.476 e. The van der Waals surface area contributed by atoms with Crippen molar-refractivity contribution in [1.29, 1.82) is 0 Å². The third kappa shape index (κ3) is 1.47. The molecule has 3 N–H and O–H groups in total. The van der Waals surface area contributed by atoms with E-state index in [1.54, 1.807) is 0 Å². The van der Waals surface area contributed by atoms with E-state index in [0.717, 1.165) is 10.3 Å². The largest absolute Gasteiger partial charge is 0.476 e. The summed E-state index contributed by atoms with van der Waals surface area (Å²) < 4.78 is 0.875. The van der Waals surface area contributed by atoms with Crippen LogP contribution in [0.2, 0.25) is 0 Å². The highest BCUT2D eigenvalue weighted by atomic mass is 32.1. The second-order valence-electron chi connectivity index (χ2n) is 2.83. The van der Waals surface area contributed by atoms with Crippen LogP contribution in [0.5, 0.6) is 0 Å². The molecule has 5 heteroatoms. The number of hydrogen-bond acceptors (Lipinski definition) is 4. The molecule has 1 heterocycles. The first-order chi connectivity index (χ1) is 6.70. The summed E-state index contributed by atoms with van der Waals surface area (Å²) >= 11 is 1.17. The topological polar surface area (TPSA) is 76.2 Å². The Morgan fingerprint density at radius 2 is 2.36 bits per heavy atom. The summed E-state index contributed by atoms with van der Waals surface area (Å²) in [6.07, 6.45) is 0. The molecular formula is C9H8N2O2S. The quantitative estimate of drug-likeness (QED) is 0.783. The van der Waals surface area contributed by atoms with Crippen LogP contribution in [-0.2, 0) is 6.54 Å². The highest BCUT2D eigenvalue weighted by Gasteiger charge is 2.09. The minimum absolute atomic E-state index is 0.120. The summed E-state index contributed by atoms with van der Waals surface area (Å²) in [6.45, 7) is 0.440. The first-order valence-electron chi connectivity index (χ1n) is 4.03. The second-order valence-corrected chi connectivity index (χ2v) is 3.86. The fraction of sp³-hybridized carbons (Fsp3) is 0.111. The van der Waals surface area contributed by atoms with Crippen LogP contribution in [0.1, 0.15) is 15.4 Å². The van der Waals surface area contributed by atoms with Crippen LogP contribution in [-0.4, -0.2) is 16.1 Å². The van der Waals surface area contributed by atoms with Gasteiger partial charge in [0.2, 0.25) is 5.01 Å². The zero-order valence-electron chi connectivity index (χ0n) is 7.23. The molecule has 2 aromatic rings. The van der Waals surface area contributed by atoms with Gasteiger partial charge in [-0.3, -0.25) is 0 Å². The summed E-state index contributed by atoms with van der Waals surface area (Å²) in [5, 5.41) is 8.86. The molecular weight excluding hydrogens is 200 g/mol. The lowest BCUT2D eigenvalue weighted by atomic mass is 10.2. The van der Waals surface area contributed by atoms with Crippen molar-refractivity contribution in [1.82, 2.24) is 4.98 Å². The molecule has 0 fully saturated rings. The van der Waals surface area contributed by atoms with E-state index in [4.69, 9.17) is 10.8 Å². The fourth-order valence-electron chi connectivity index (χ4n) is 1.19. The molecule has 72 valence electrons. The number of carboxylic acids is 1. The van der Waals surface area contributed by atoms with E-state index in [2.05, 4.69) is 4.98 Å². The zero-order valence-corrected chi connectivity index (χ0v) is 8.04. The van der Waals surface area contributed by atoms with E-state index < -0.39 is 5.97 Å². The van der Waals surface area contributed by atoms with E-state index in [9.17, 15) is 4.79 Å². The molecule has 2 rings (SSSR count). The predicted octanol–water partition coefficient (Wildman–Crippen LogP) is 1.45. The highest BCUT2D eigenvalue weighted by Crippen LogP contribution is 2.22. The van der Waals surface area contributed by atoms with Crippen molar-refractivity contribution < 1.29 is 9.90 Å². The number of carbonyl (C=O) groups is 1. The molecule has 4 nitrogen and oxygen atoms in total. The Labute approximate surface area is 84.0 Å². The van der Waals surface area contributed by atoms with Gasteiger partial charge in [-0.15, -0.1) is 11.3 Å². The number of aromatic nitrogens is 1. The zero-order chi connectivity index (χ0) is 10.1. The van der Waals surface area contributed by atoms with Gasteiger partial charge in [-0.05, 0) is 17.7 Å². The molecule has 0 bridgehead atoms. The van der Waals surface area contributed by atoms with Gasteiger partial charge in [0.25, 0.3) is 0 Å². The number of aromatic carboxylic acids is 1. The number of fused-ring (bicyclic) bond motifs is 1. The smallest absolute Gasteiger partial charge is 0.365 e. The van der Waals surface area contributed by atoms with E-state index >= 15 is 0 Å². The Hall–Kier alpha value is -1.46. The monoisotopic (exact) mass is 208 g/mol. The molecule has 0 spiro atoms. The molecule has 0 saturated heterocycles. The molecule has 1 aromatic heterocycles. The number of benzene rings is 1. The highest BCUT2D eigenvalue weighted by molar-refractivity contribution is 7.20. The summed E-state index contributed by atoms with van der Waals surface area (Å²) in [5.41, 5.74) is 7.13. The Kier molecular flexibility index (Phi) is 2.18. The van der Waals surface area contributed by atoms with Gasteiger partial charge in [0.1, 0.15) is 0 Å². The SMILES string of the molecule is NCc1ccc2sc(C(=O)O)nc2c1. The van der Waals surface area contributed by atoms with Crippen molar-refractivity contribution >= 4 is 27.5 Å². The first-order valence-corrected chi connectivity index (χ1v) is 4.85. The molecule has 1 aromatic carbocycles. The lowest BCUT2D eigenvalue weighted by molar-refractivity contribution is 0.0696. The maximum Gasteiger partial charge on any atom is 0.365 e. The fourth-order valence-corrected chi connectivity index (χ4v) is 1.98. The summed E-state index contributed by atoms with van der Waals surface area (Å²) in [6, 6.07) is 5.55. The van der Waals surface area contributed by atoms with Gasteiger partial charge >= 0.3 is 5.97 Å². The molecule has 0 radical (unpaired) electrons. The minimum atomic E-state index is -0.986. The number of nitrogens with two attached hydrogens (primary N) is 1. The summed E-state index contributed by atoms with van der Waals surface area (Å²) in [4.78, 5) is 14.6. The van der Waals surface area contributed by atoms with Crippen LogP contribution >= 0.6 is 11.3 Å². The van der Waals surface area contributed by atoms with Gasteiger partial charge in [-0.2, -0.15) is 0 Å². The van der Waals surface area contributed by atoms with Crippen LogP contribution in [0.15, 0.2) is 18.2 Å². The Balaban J connectivity index is 2.60. The summed E-state index contributed by atoms with van der Waals surface area (Å²) in [7, 11) is 0. The maximum absolute atomic E-state index is 10.6. The summed E-state index contributed by atoms with van der Waals surface area (Å²) in [5.74, 6) is -0.986. The number of hydrogen-bond donors (Lipinski definition) is 2. The predicted molar refractivity (Wildman–Crippen MR) is 54.5 cm³/mol. The molecule has 0 aliphatic heterocycles. The van der Waals surface area contributed by atoms with Crippen LogP contribution in [0.3, 0.4) is 0 Å². The first kappa shape index (κ1) is 9.11. The average Bonchev–Trinajstić information content (AvgIpc) is 2.59. The third-order valence-corrected chi connectivity index (χ3v) is 2.90. The second kappa shape index (κ2) is 3.36. The van der Waals surface area contributed by atoms with Crippen LogP contribution in [0.4, 0.5) is 0 Å². The lowest BCUT2D eigenvalue weighted by Gasteiger charge is -1.93. The van der Waals surface area contributed by atoms with Crippen molar-refractivity contribution in [2.24, 2.45) is 5.73 Å². The number of thiazole rings is 1. The van der Waals surface area contributed by atoms with Gasteiger partial charge in [-0.25, -0.2) is 9.78 Å². The molecule has 0 amide bonds. The molecule has 0 aliphatic carbocycles.